The number of halogens is 1. The van der Waals surface area contributed by atoms with Crippen LogP contribution in [0.3, 0.4) is 0 Å². The minimum Gasteiger partial charge on any atom is -0.342 e. The number of benzene rings is 2. The summed E-state index contributed by atoms with van der Waals surface area (Å²) in [5, 5.41) is 0. The number of fused-ring (bicyclic) bond motifs is 1. The molecule has 0 spiro atoms. The van der Waals surface area contributed by atoms with Gasteiger partial charge in [-0.2, -0.15) is 0 Å². The fourth-order valence-corrected chi connectivity index (χ4v) is 3.59. The third kappa shape index (κ3) is 3.49. The van der Waals surface area contributed by atoms with E-state index in [0.29, 0.717) is 5.92 Å². The SMILES string of the molecule is Fc1ccc2[nH]c(CC3CCN(Cc4ccccc4)CC3)nc2c1. The van der Waals surface area contributed by atoms with Crippen LogP contribution in [0.2, 0.25) is 0 Å². The molecular formula is C20H22FN3. The van der Waals surface area contributed by atoms with Gasteiger partial charge >= 0.3 is 0 Å². The van der Waals surface area contributed by atoms with Crippen LogP contribution in [0.15, 0.2) is 48.5 Å². The van der Waals surface area contributed by atoms with Crippen LogP contribution >= 0.6 is 0 Å². The van der Waals surface area contributed by atoms with Crippen LogP contribution in [0, 0.1) is 11.7 Å². The number of nitrogens with zero attached hydrogens (tertiary/aromatic N) is 2. The Labute approximate surface area is 141 Å². The number of H-pyrrole nitrogens is 1. The number of aromatic amines is 1. The van der Waals surface area contributed by atoms with Crippen LogP contribution in [-0.4, -0.2) is 28.0 Å². The van der Waals surface area contributed by atoms with Gasteiger partial charge in [0.25, 0.3) is 0 Å². The maximum absolute atomic E-state index is 13.3. The average Bonchev–Trinajstić information content (AvgIpc) is 2.99. The van der Waals surface area contributed by atoms with Gasteiger partial charge in [-0.1, -0.05) is 30.3 Å². The average molecular weight is 323 g/mol. The van der Waals surface area contributed by atoms with Crippen molar-refractivity contribution in [1.82, 2.24) is 14.9 Å². The third-order valence-corrected chi connectivity index (χ3v) is 4.93. The van der Waals surface area contributed by atoms with Gasteiger partial charge < -0.3 is 4.98 Å². The van der Waals surface area contributed by atoms with Crippen molar-refractivity contribution in [3.05, 3.63) is 65.7 Å². The molecule has 124 valence electrons. The van der Waals surface area contributed by atoms with Crippen molar-refractivity contribution < 1.29 is 4.39 Å². The maximum atomic E-state index is 13.3. The van der Waals surface area contributed by atoms with Crippen molar-refractivity contribution in [3.63, 3.8) is 0 Å². The summed E-state index contributed by atoms with van der Waals surface area (Å²) in [6.07, 6.45) is 3.34. The highest BCUT2D eigenvalue weighted by Gasteiger charge is 2.20. The molecule has 0 aliphatic carbocycles. The van der Waals surface area contributed by atoms with Crippen LogP contribution in [0.4, 0.5) is 4.39 Å². The summed E-state index contributed by atoms with van der Waals surface area (Å²) in [6, 6.07) is 15.4. The molecule has 2 heterocycles. The highest BCUT2D eigenvalue weighted by atomic mass is 19.1. The fraction of sp³-hybridized carbons (Fsp3) is 0.350. The molecule has 24 heavy (non-hydrogen) atoms. The van der Waals surface area contributed by atoms with Gasteiger partial charge in [-0.25, -0.2) is 9.37 Å². The number of rotatable bonds is 4. The van der Waals surface area contributed by atoms with Crippen molar-refractivity contribution in [2.75, 3.05) is 13.1 Å². The Balaban J connectivity index is 1.34. The van der Waals surface area contributed by atoms with E-state index in [4.69, 9.17) is 0 Å². The predicted molar refractivity (Wildman–Crippen MR) is 94.2 cm³/mol. The molecule has 2 aromatic carbocycles. The van der Waals surface area contributed by atoms with E-state index in [0.717, 1.165) is 42.9 Å². The highest BCUT2D eigenvalue weighted by molar-refractivity contribution is 5.74. The van der Waals surface area contributed by atoms with Crippen molar-refractivity contribution in [2.45, 2.75) is 25.8 Å². The van der Waals surface area contributed by atoms with Crippen molar-refractivity contribution in [1.29, 1.82) is 0 Å². The van der Waals surface area contributed by atoms with E-state index in [1.165, 1.54) is 30.5 Å². The Morgan fingerprint density at radius 1 is 1.08 bits per heavy atom. The van der Waals surface area contributed by atoms with E-state index in [1.54, 1.807) is 6.07 Å². The van der Waals surface area contributed by atoms with Gasteiger partial charge in [-0.15, -0.1) is 0 Å². The Morgan fingerprint density at radius 2 is 1.88 bits per heavy atom. The van der Waals surface area contributed by atoms with Gasteiger partial charge in [0.15, 0.2) is 0 Å². The molecule has 0 amide bonds. The first-order valence-electron chi connectivity index (χ1n) is 8.67. The number of piperidine rings is 1. The summed E-state index contributed by atoms with van der Waals surface area (Å²) in [7, 11) is 0. The Morgan fingerprint density at radius 3 is 2.67 bits per heavy atom. The molecule has 3 aromatic rings. The van der Waals surface area contributed by atoms with E-state index in [1.807, 2.05) is 0 Å². The summed E-state index contributed by atoms with van der Waals surface area (Å²) in [6.45, 7) is 3.31. The summed E-state index contributed by atoms with van der Waals surface area (Å²) in [4.78, 5) is 10.4. The summed E-state index contributed by atoms with van der Waals surface area (Å²) < 4.78 is 13.3. The largest absolute Gasteiger partial charge is 0.342 e. The zero-order valence-corrected chi connectivity index (χ0v) is 13.7. The van der Waals surface area contributed by atoms with Gasteiger partial charge in [-0.05, 0) is 49.5 Å². The van der Waals surface area contributed by atoms with Crippen molar-refractivity contribution >= 4 is 11.0 Å². The molecule has 1 aliphatic rings. The van der Waals surface area contributed by atoms with Gasteiger partial charge in [-0.3, -0.25) is 4.90 Å². The normalized spacial score (nSPS) is 16.7. The van der Waals surface area contributed by atoms with E-state index in [2.05, 4.69) is 45.2 Å². The minimum atomic E-state index is -0.227. The molecule has 1 aromatic heterocycles. The Kier molecular flexibility index (Phi) is 4.30. The van der Waals surface area contributed by atoms with Gasteiger partial charge in [0.2, 0.25) is 0 Å². The van der Waals surface area contributed by atoms with E-state index in [9.17, 15) is 4.39 Å². The number of imidazole rings is 1. The summed E-state index contributed by atoms with van der Waals surface area (Å²) >= 11 is 0. The number of aromatic nitrogens is 2. The lowest BCUT2D eigenvalue weighted by Gasteiger charge is -2.31. The first-order valence-corrected chi connectivity index (χ1v) is 8.67. The lowest BCUT2D eigenvalue weighted by atomic mass is 9.93. The molecule has 0 radical (unpaired) electrons. The molecule has 3 nitrogen and oxygen atoms in total. The number of likely N-dealkylation sites (tertiary alicyclic amines) is 1. The molecule has 0 bridgehead atoms. The minimum absolute atomic E-state index is 0.227. The zero-order chi connectivity index (χ0) is 16.4. The first-order chi connectivity index (χ1) is 11.8. The molecular weight excluding hydrogens is 301 g/mol. The smallest absolute Gasteiger partial charge is 0.125 e. The monoisotopic (exact) mass is 323 g/mol. The van der Waals surface area contributed by atoms with Crippen LogP contribution < -0.4 is 0 Å². The fourth-order valence-electron chi connectivity index (χ4n) is 3.59. The van der Waals surface area contributed by atoms with Crippen molar-refractivity contribution in [3.8, 4) is 0 Å². The second-order valence-electron chi connectivity index (χ2n) is 6.75. The van der Waals surface area contributed by atoms with E-state index in [-0.39, 0.29) is 5.82 Å². The standard InChI is InChI=1S/C20H22FN3/c21-17-6-7-18-19(13-17)23-20(22-18)12-15-8-10-24(11-9-15)14-16-4-2-1-3-5-16/h1-7,13,15H,8-12,14H2,(H,22,23). The molecule has 1 aliphatic heterocycles. The summed E-state index contributed by atoms with van der Waals surface area (Å²) in [5.41, 5.74) is 3.04. The molecule has 1 saturated heterocycles. The number of hydrogen-bond acceptors (Lipinski definition) is 2. The van der Waals surface area contributed by atoms with Crippen LogP contribution in [0.25, 0.3) is 11.0 Å². The predicted octanol–water partition coefficient (Wildman–Crippen LogP) is 4.16. The third-order valence-electron chi connectivity index (χ3n) is 4.93. The van der Waals surface area contributed by atoms with Crippen molar-refractivity contribution in [2.24, 2.45) is 5.92 Å². The van der Waals surface area contributed by atoms with E-state index < -0.39 is 0 Å². The molecule has 1 fully saturated rings. The van der Waals surface area contributed by atoms with Gasteiger partial charge in [0, 0.05) is 19.0 Å². The molecule has 0 saturated carbocycles. The van der Waals surface area contributed by atoms with Crippen LogP contribution in [0.5, 0.6) is 0 Å². The molecule has 1 N–H and O–H groups in total. The maximum Gasteiger partial charge on any atom is 0.125 e. The Bertz CT molecular complexity index is 804. The van der Waals surface area contributed by atoms with Crippen LogP contribution in [0.1, 0.15) is 24.2 Å². The zero-order valence-electron chi connectivity index (χ0n) is 13.7. The van der Waals surface area contributed by atoms with E-state index >= 15 is 0 Å². The second kappa shape index (κ2) is 6.73. The molecule has 0 unspecified atom stereocenters. The lowest BCUT2D eigenvalue weighted by Crippen LogP contribution is -2.33. The Hall–Kier alpha value is -2.20. The lowest BCUT2D eigenvalue weighted by molar-refractivity contribution is 0.176. The molecule has 4 rings (SSSR count). The van der Waals surface area contributed by atoms with Gasteiger partial charge in [0.1, 0.15) is 11.6 Å². The molecule has 0 atom stereocenters. The van der Waals surface area contributed by atoms with Crippen LogP contribution in [-0.2, 0) is 13.0 Å². The first kappa shape index (κ1) is 15.3. The highest BCUT2D eigenvalue weighted by Crippen LogP contribution is 2.23. The quantitative estimate of drug-likeness (QED) is 0.782. The second-order valence-corrected chi connectivity index (χ2v) is 6.75. The number of hydrogen-bond donors (Lipinski definition) is 1. The topological polar surface area (TPSA) is 31.9 Å². The summed E-state index contributed by atoms with van der Waals surface area (Å²) in [5.74, 6) is 1.41. The van der Waals surface area contributed by atoms with Gasteiger partial charge in [0.05, 0.1) is 11.0 Å². The number of nitrogens with one attached hydrogen (secondary N) is 1. The molecule has 4 heteroatoms.